The first kappa shape index (κ1) is 13.7. The van der Waals surface area contributed by atoms with Gasteiger partial charge >= 0.3 is 5.97 Å². The Balaban J connectivity index is 2.73. The molecule has 0 amide bonds. The molecule has 1 aromatic rings. The van der Waals surface area contributed by atoms with Crippen molar-refractivity contribution in [3.63, 3.8) is 0 Å². The number of ether oxygens (including phenoxy) is 1. The highest BCUT2D eigenvalue weighted by Crippen LogP contribution is 2.18. The van der Waals surface area contributed by atoms with E-state index in [0.717, 1.165) is 17.7 Å². The molecule has 0 aromatic heterocycles. The summed E-state index contributed by atoms with van der Waals surface area (Å²) in [6, 6.07) is 7.60. The highest BCUT2D eigenvalue weighted by molar-refractivity contribution is 5.70. The maximum absolute atomic E-state index is 11.1. The summed E-state index contributed by atoms with van der Waals surface area (Å²) in [4.78, 5) is 13.1. The summed E-state index contributed by atoms with van der Waals surface area (Å²) in [5.74, 6) is -0.407. The third kappa shape index (κ3) is 4.54. The number of benzene rings is 1. The quantitative estimate of drug-likeness (QED) is 0.785. The maximum Gasteiger partial charge on any atom is 0.308 e. The van der Waals surface area contributed by atoms with Crippen molar-refractivity contribution in [2.24, 2.45) is 0 Å². The van der Waals surface area contributed by atoms with Crippen molar-refractivity contribution in [2.75, 3.05) is 21.2 Å². The zero-order valence-electron chi connectivity index (χ0n) is 10.5. The lowest BCUT2D eigenvalue weighted by atomic mass is 10.0. The molecule has 0 bridgehead atoms. The number of aliphatic hydroxyl groups excluding tert-OH is 1. The summed E-state index contributed by atoms with van der Waals surface area (Å²) in [6.45, 7) is 0.804. The average molecular weight is 237 g/mol. The zero-order chi connectivity index (χ0) is 12.8. The Morgan fingerprint density at radius 1 is 1.47 bits per heavy atom. The molecule has 0 spiro atoms. The number of methoxy groups -OCH3 is 1. The smallest absolute Gasteiger partial charge is 0.308 e. The van der Waals surface area contributed by atoms with E-state index in [2.05, 4.69) is 4.74 Å². The minimum absolute atomic E-state index is 0.0120. The van der Waals surface area contributed by atoms with Crippen molar-refractivity contribution < 1.29 is 14.6 Å². The Morgan fingerprint density at radius 2 is 2.18 bits per heavy atom. The predicted octanol–water partition coefficient (Wildman–Crippen LogP) is 1.34. The first-order valence-corrected chi connectivity index (χ1v) is 5.51. The Labute approximate surface area is 102 Å². The van der Waals surface area contributed by atoms with E-state index in [1.165, 1.54) is 7.11 Å². The van der Waals surface area contributed by atoms with Crippen molar-refractivity contribution in [1.82, 2.24) is 4.90 Å². The van der Waals surface area contributed by atoms with Crippen LogP contribution in [0.5, 0.6) is 0 Å². The van der Waals surface area contributed by atoms with Crippen molar-refractivity contribution in [2.45, 2.75) is 19.1 Å². The van der Waals surface area contributed by atoms with Crippen LogP contribution in [-0.2, 0) is 16.1 Å². The number of rotatable bonds is 5. The molecule has 0 aliphatic rings. The normalized spacial score (nSPS) is 12.5. The molecule has 0 heterocycles. The molecule has 0 radical (unpaired) electrons. The Bertz CT molecular complexity index is 377. The second-order valence-corrected chi connectivity index (χ2v) is 4.28. The van der Waals surface area contributed by atoms with Gasteiger partial charge in [-0.15, -0.1) is 0 Å². The van der Waals surface area contributed by atoms with Crippen LogP contribution in [0, 0.1) is 0 Å². The van der Waals surface area contributed by atoms with Gasteiger partial charge in [0.15, 0.2) is 0 Å². The van der Waals surface area contributed by atoms with Crippen LogP contribution in [0.1, 0.15) is 23.7 Å². The summed E-state index contributed by atoms with van der Waals surface area (Å²) in [5, 5.41) is 9.87. The Kier molecular flexibility index (Phi) is 5.12. The molecule has 0 unspecified atom stereocenters. The lowest BCUT2D eigenvalue weighted by Gasteiger charge is -2.13. The standard InChI is InChI=1S/C13H19NO3/c1-14(2)9-10-5-4-6-11(7-10)12(15)8-13(16)17-3/h4-7,12,15H,8-9H2,1-3H3/t12-/m1/s1. The molecular weight excluding hydrogens is 218 g/mol. The van der Waals surface area contributed by atoms with E-state index in [1.54, 1.807) is 0 Å². The number of hydrogen-bond acceptors (Lipinski definition) is 4. The van der Waals surface area contributed by atoms with E-state index in [1.807, 2.05) is 43.3 Å². The largest absolute Gasteiger partial charge is 0.469 e. The van der Waals surface area contributed by atoms with Gasteiger partial charge in [0.1, 0.15) is 0 Å². The monoisotopic (exact) mass is 237 g/mol. The first-order chi connectivity index (χ1) is 8.02. The molecular formula is C13H19NO3. The van der Waals surface area contributed by atoms with Crippen LogP contribution in [0.15, 0.2) is 24.3 Å². The molecule has 1 atom stereocenters. The molecule has 0 saturated carbocycles. The lowest BCUT2D eigenvalue weighted by molar-refractivity contribution is -0.142. The van der Waals surface area contributed by atoms with Gasteiger partial charge in [-0.1, -0.05) is 24.3 Å². The number of nitrogens with zero attached hydrogens (tertiary/aromatic N) is 1. The molecule has 94 valence electrons. The minimum Gasteiger partial charge on any atom is -0.469 e. The van der Waals surface area contributed by atoms with Gasteiger partial charge in [-0.2, -0.15) is 0 Å². The van der Waals surface area contributed by atoms with Crippen molar-refractivity contribution in [3.8, 4) is 0 Å². The third-order valence-corrected chi connectivity index (χ3v) is 2.42. The fraction of sp³-hybridized carbons (Fsp3) is 0.462. The molecule has 17 heavy (non-hydrogen) atoms. The van der Waals surface area contributed by atoms with Gasteiger partial charge in [-0.3, -0.25) is 4.79 Å². The molecule has 1 aromatic carbocycles. The SMILES string of the molecule is COC(=O)C[C@@H](O)c1cccc(CN(C)C)c1. The second kappa shape index (κ2) is 6.37. The molecule has 1 N–H and O–H groups in total. The van der Waals surface area contributed by atoms with E-state index in [4.69, 9.17) is 0 Å². The van der Waals surface area contributed by atoms with E-state index in [-0.39, 0.29) is 6.42 Å². The highest BCUT2D eigenvalue weighted by Gasteiger charge is 2.13. The van der Waals surface area contributed by atoms with Gasteiger partial charge in [-0.05, 0) is 25.2 Å². The fourth-order valence-corrected chi connectivity index (χ4v) is 1.62. The molecule has 0 aliphatic carbocycles. The highest BCUT2D eigenvalue weighted by atomic mass is 16.5. The molecule has 0 saturated heterocycles. The van der Waals surface area contributed by atoms with Crippen LogP contribution in [0.3, 0.4) is 0 Å². The van der Waals surface area contributed by atoms with Crippen LogP contribution >= 0.6 is 0 Å². The van der Waals surface area contributed by atoms with Crippen LogP contribution in [0.2, 0.25) is 0 Å². The topological polar surface area (TPSA) is 49.8 Å². The van der Waals surface area contributed by atoms with E-state index < -0.39 is 12.1 Å². The lowest BCUT2D eigenvalue weighted by Crippen LogP contribution is -2.12. The van der Waals surface area contributed by atoms with Crippen molar-refractivity contribution >= 4 is 5.97 Å². The fourth-order valence-electron chi connectivity index (χ4n) is 1.62. The summed E-state index contributed by atoms with van der Waals surface area (Å²) in [7, 11) is 5.28. The Morgan fingerprint density at radius 3 is 2.76 bits per heavy atom. The minimum atomic E-state index is -0.801. The van der Waals surface area contributed by atoms with E-state index in [0.29, 0.717) is 0 Å². The molecule has 0 aliphatic heterocycles. The van der Waals surface area contributed by atoms with Crippen molar-refractivity contribution in [3.05, 3.63) is 35.4 Å². The number of carbonyl (C=O) groups excluding carboxylic acids is 1. The number of aliphatic hydroxyl groups is 1. The summed E-state index contributed by atoms with van der Waals surface area (Å²) in [6.07, 6.45) is -0.813. The van der Waals surface area contributed by atoms with Crippen LogP contribution in [0.25, 0.3) is 0 Å². The van der Waals surface area contributed by atoms with Gasteiger partial charge in [0, 0.05) is 6.54 Å². The van der Waals surface area contributed by atoms with Crippen LogP contribution < -0.4 is 0 Å². The van der Waals surface area contributed by atoms with Crippen molar-refractivity contribution in [1.29, 1.82) is 0 Å². The molecule has 4 heteroatoms. The predicted molar refractivity (Wildman–Crippen MR) is 65.4 cm³/mol. The van der Waals surface area contributed by atoms with Gasteiger partial charge in [0.2, 0.25) is 0 Å². The van der Waals surface area contributed by atoms with Crippen LogP contribution in [-0.4, -0.2) is 37.2 Å². The third-order valence-electron chi connectivity index (χ3n) is 2.42. The summed E-state index contributed by atoms with van der Waals surface area (Å²) >= 11 is 0. The maximum atomic E-state index is 11.1. The molecule has 4 nitrogen and oxygen atoms in total. The Hall–Kier alpha value is -1.39. The number of carbonyl (C=O) groups is 1. The summed E-state index contributed by atoms with van der Waals surface area (Å²) in [5.41, 5.74) is 1.85. The van der Waals surface area contributed by atoms with Gasteiger partial charge in [0.25, 0.3) is 0 Å². The summed E-state index contributed by atoms with van der Waals surface area (Å²) < 4.78 is 4.53. The molecule has 0 fully saturated rings. The first-order valence-electron chi connectivity index (χ1n) is 5.51. The number of esters is 1. The van der Waals surface area contributed by atoms with Crippen LogP contribution in [0.4, 0.5) is 0 Å². The van der Waals surface area contributed by atoms with E-state index >= 15 is 0 Å². The van der Waals surface area contributed by atoms with Gasteiger partial charge in [0.05, 0.1) is 19.6 Å². The van der Waals surface area contributed by atoms with E-state index in [9.17, 15) is 9.90 Å². The van der Waals surface area contributed by atoms with Gasteiger partial charge in [-0.25, -0.2) is 0 Å². The number of hydrogen-bond donors (Lipinski definition) is 1. The second-order valence-electron chi connectivity index (χ2n) is 4.28. The average Bonchev–Trinajstić information content (AvgIpc) is 2.28. The van der Waals surface area contributed by atoms with Gasteiger partial charge < -0.3 is 14.7 Å². The zero-order valence-corrected chi connectivity index (χ0v) is 10.5. The molecule has 1 rings (SSSR count).